The number of aromatic amines is 1. The molecule has 0 aromatic carbocycles. The van der Waals surface area contributed by atoms with Crippen LogP contribution in [0.4, 0.5) is 4.79 Å². The molecule has 0 aliphatic carbocycles. The van der Waals surface area contributed by atoms with Crippen LogP contribution < -0.4 is 11.1 Å². The van der Waals surface area contributed by atoms with E-state index in [0.29, 0.717) is 18.7 Å². The second-order valence-corrected chi connectivity index (χ2v) is 4.96. The number of amides is 3. The number of likely N-dealkylation sites (tertiary alicyclic amines) is 1. The Labute approximate surface area is 120 Å². The third-order valence-electron chi connectivity index (χ3n) is 3.45. The molecule has 2 atom stereocenters. The van der Waals surface area contributed by atoms with Crippen molar-refractivity contribution >= 4 is 17.9 Å². The summed E-state index contributed by atoms with van der Waals surface area (Å²) in [5, 5.41) is 11.6. The summed E-state index contributed by atoms with van der Waals surface area (Å²) in [5.41, 5.74) is 5.81. The number of hydrogen-bond donors (Lipinski definition) is 4. The van der Waals surface area contributed by atoms with Gasteiger partial charge in [0, 0.05) is 31.4 Å². The second-order valence-electron chi connectivity index (χ2n) is 4.96. The molecule has 21 heavy (non-hydrogen) atoms. The maximum atomic E-state index is 12.0. The van der Waals surface area contributed by atoms with Crippen LogP contribution in [-0.2, 0) is 16.0 Å². The van der Waals surface area contributed by atoms with Gasteiger partial charge in [0.2, 0.25) is 5.91 Å². The van der Waals surface area contributed by atoms with Gasteiger partial charge < -0.3 is 26.0 Å². The summed E-state index contributed by atoms with van der Waals surface area (Å²) in [5.74, 6) is -1.95. The molecule has 1 aliphatic rings. The van der Waals surface area contributed by atoms with Gasteiger partial charge in [0.1, 0.15) is 6.04 Å². The Balaban J connectivity index is 1.93. The molecule has 9 nitrogen and oxygen atoms in total. The Morgan fingerprint density at radius 2 is 2.33 bits per heavy atom. The lowest BCUT2D eigenvalue weighted by Gasteiger charge is -2.20. The minimum Gasteiger partial charge on any atom is -0.480 e. The van der Waals surface area contributed by atoms with Gasteiger partial charge in [-0.15, -0.1) is 0 Å². The van der Waals surface area contributed by atoms with E-state index < -0.39 is 23.9 Å². The molecule has 0 radical (unpaired) electrons. The lowest BCUT2D eigenvalue weighted by Crippen LogP contribution is -2.48. The van der Waals surface area contributed by atoms with Gasteiger partial charge in [-0.25, -0.2) is 14.6 Å². The van der Waals surface area contributed by atoms with Gasteiger partial charge >= 0.3 is 12.0 Å². The molecule has 2 heterocycles. The van der Waals surface area contributed by atoms with Crippen LogP contribution in [0.1, 0.15) is 12.1 Å². The van der Waals surface area contributed by atoms with Gasteiger partial charge in [0.25, 0.3) is 0 Å². The fraction of sp³-hybridized carbons (Fsp3) is 0.500. The summed E-state index contributed by atoms with van der Waals surface area (Å²) in [6.07, 6.45) is 3.55. The lowest BCUT2D eigenvalue weighted by molar-refractivity contribution is -0.139. The van der Waals surface area contributed by atoms with Crippen molar-refractivity contribution in [2.45, 2.75) is 18.9 Å². The highest BCUT2D eigenvalue weighted by molar-refractivity contribution is 5.84. The molecule has 1 aromatic heterocycles. The van der Waals surface area contributed by atoms with E-state index in [-0.39, 0.29) is 18.9 Å². The molecule has 5 N–H and O–H groups in total. The monoisotopic (exact) mass is 295 g/mol. The third-order valence-corrected chi connectivity index (χ3v) is 3.45. The van der Waals surface area contributed by atoms with Crippen molar-refractivity contribution in [3.8, 4) is 0 Å². The third kappa shape index (κ3) is 3.71. The molecule has 3 amide bonds. The van der Waals surface area contributed by atoms with E-state index in [1.54, 1.807) is 0 Å². The number of aromatic nitrogens is 2. The van der Waals surface area contributed by atoms with Crippen molar-refractivity contribution in [3.05, 3.63) is 18.2 Å². The average Bonchev–Trinajstić information content (AvgIpc) is 3.08. The highest BCUT2D eigenvalue weighted by Crippen LogP contribution is 2.15. The molecule has 0 spiro atoms. The molecular weight excluding hydrogens is 278 g/mol. The van der Waals surface area contributed by atoms with Gasteiger partial charge in [-0.1, -0.05) is 0 Å². The largest absolute Gasteiger partial charge is 0.480 e. The number of hydrogen-bond acceptors (Lipinski definition) is 4. The number of H-pyrrole nitrogens is 1. The number of carboxylic acids is 1. The van der Waals surface area contributed by atoms with Crippen LogP contribution in [0.3, 0.4) is 0 Å². The van der Waals surface area contributed by atoms with Crippen molar-refractivity contribution in [2.75, 3.05) is 13.1 Å². The van der Waals surface area contributed by atoms with E-state index in [2.05, 4.69) is 15.3 Å². The average molecular weight is 295 g/mol. The molecule has 9 heteroatoms. The number of carboxylic acid groups (broad SMARTS) is 1. The van der Waals surface area contributed by atoms with Gasteiger partial charge in [0.05, 0.1) is 12.2 Å². The normalized spacial score (nSPS) is 19.2. The molecule has 0 bridgehead atoms. The number of rotatable bonds is 5. The standard InChI is InChI=1S/C12H17N5O4/c13-10(18)7-1-2-17(5-7)12(21)16-9(11(19)20)3-8-4-14-6-15-8/h4,6-7,9H,1-3,5H2,(H2,13,18)(H,14,15)(H,16,21)(H,19,20)/t7?,9-/m1/s1. The molecule has 1 saturated heterocycles. The molecule has 1 fully saturated rings. The van der Waals surface area contributed by atoms with Crippen LogP contribution in [0.5, 0.6) is 0 Å². The Kier molecular flexibility index (Phi) is 4.41. The van der Waals surface area contributed by atoms with Crippen LogP contribution in [0, 0.1) is 5.92 Å². The number of aliphatic carboxylic acids is 1. The molecular formula is C12H17N5O4. The molecule has 0 saturated carbocycles. The Bertz CT molecular complexity index is 530. The first-order valence-electron chi connectivity index (χ1n) is 6.52. The maximum Gasteiger partial charge on any atom is 0.326 e. The molecule has 1 aliphatic heterocycles. The van der Waals surface area contributed by atoms with Crippen molar-refractivity contribution < 1.29 is 19.5 Å². The predicted molar refractivity (Wildman–Crippen MR) is 71.1 cm³/mol. The van der Waals surface area contributed by atoms with E-state index in [0.717, 1.165) is 0 Å². The highest BCUT2D eigenvalue weighted by atomic mass is 16.4. The summed E-state index contributed by atoms with van der Waals surface area (Å²) in [6.45, 7) is 0.605. The number of imidazole rings is 1. The van der Waals surface area contributed by atoms with Crippen molar-refractivity contribution in [1.82, 2.24) is 20.2 Å². The van der Waals surface area contributed by atoms with Crippen LogP contribution in [0.2, 0.25) is 0 Å². The van der Waals surface area contributed by atoms with E-state index >= 15 is 0 Å². The summed E-state index contributed by atoms with van der Waals surface area (Å²) in [7, 11) is 0. The minimum absolute atomic E-state index is 0.105. The van der Waals surface area contributed by atoms with Crippen LogP contribution in [0.25, 0.3) is 0 Å². The summed E-state index contributed by atoms with van der Waals surface area (Å²) in [6, 6.07) is -1.57. The summed E-state index contributed by atoms with van der Waals surface area (Å²) in [4.78, 5) is 42.3. The number of nitrogens with one attached hydrogen (secondary N) is 2. The summed E-state index contributed by atoms with van der Waals surface area (Å²) >= 11 is 0. The van der Waals surface area contributed by atoms with Gasteiger partial charge in [-0.05, 0) is 6.42 Å². The molecule has 1 aromatic rings. The highest BCUT2D eigenvalue weighted by Gasteiger charge is 2.31. The number of primary amides is 1. The van der Waals surface area contributed by atoms with E-state index in [9.17, 15) is 14.4 Å². The smallest absolute Gasteiger partial charge is 0.326 e. The number of urea groups is 1. The second kappa shape index (κ2) is 6.25. The summed E-state index contributed by atoms with van der Waals surface area (Å²) < 4.78 is 0. The predicted octanol–water partition coefficient (Wildman–Crippen LogP) is -1.08. The number of nitrogens with two attached hydrogens (primary N) is 1. The van der Waals surface area contributed by atoms with Crippen LogP contribution >= 0.6 is 0 Å². The van der Waals surface area contributed by atoms with E-state index in [1.807, 2.05) is 0 Å². The first kappa shape index (κ1) is 14.8. The van der Waals surface area contributed by atoms with Crippen LogP contribution in [0.15, 0.2) is 12.5 Å². The Morgan fingerprint density at radius 3 is 2.86 bits per heavy atom. The fourth-order valence-corrected chi connectivity index (χ4v) is 2.23. The lowest BCUT2D eigenvalue weighted by atomic mass is 10.1. The first-order valence-corrected chi connectivity index (χ1v) is 6.52. The van der Waals surface area contributed by atoms with Crippen molar-refractivity contribution in [3.63, 3.8) is 0 Å². The fourth-order valence-electron chi connectivity index (χ4n) is 2.23. The Morgan fingerprint density at radius 1 is 1.57 bits per heavy atom. The number of carbonyl (C=O) groups is 3. The number of carbonyl (C=O) groups excluding carboxylic acids is 2. The molecule has 1 unspecified atom stereocenters. The number of nitrogens with zero attached hydrogens (tertiary/aromatic N) is 2. The first-order chi connectivity index (χ1) is 9.97. The van der Waals surface area contributed by atoms with Crippen molar-refractivity contribution in [1.29, 1.82) is 0 Å². The SMILES string of the molecule is NC(=O)C1CCN(C(=O)N[C@H](Cc2cnc[nH]2)C(=O)O)C1. The van der Waals surface area contributed by atoms with Gasteiger partial charge in [0.15, 0.2) is 0 Å². The van der Waals surface area contributed by atoms with Gasteiger partial charge in [-0.2, -0.15) is 0 Å². The topological polar surface area (TPSA) is 141 Å². The Hall–Kier alpha value is -2.58. The van der Waals surface area contributed by atoms with Gasteiger partial charge in [-0.3, -0.25) is 4.79 Å². The molecule has 2 rings (SSSR count). The van der Waals surface area contributed by atoms with E-state index in [4.69, 9.17) is 10.8 Å². The maximum absolute atomic E-state index is 12.0. The van der Waals surface area contributed by atoms with Crippen molar-refractivity contribution in [2.24, 2.45) is 11.7 Å². The van der Waals surface area contributed by atoms with Crippen LogP contribution in [-0.4, -0.2) is 57.0 Å². The minimum atomic E-state index is -1.14. The zero-order chi connectivity index (χ0) is 15.4. The molecule has 114 valence electrons. The van der Waals surface area contributed by atoms with E-state index in [1.165, 1.54) is 17.4 Å². The zero-order valence-corrected chi connectivity index (χ0v) is 11.3. The quantitative estimate of drug-likeness (QED) is 0.547. The zero-order valence-electron chi connectivity index (χ0n) is 11.3.